The van der Waals surface area contributed by atoms with E-state index in [0.717, 1.165) is 5.69 Å². The number of benzene rings is 2. The zero-order valence-corrected chi connectivity index (χ0v) is 16.2. The molecule has 1 fully saturated rings. The fraction of sp³-hybridized carbons (Fsp3) is 0.368. The van der Waals surface area contributed by atoms with Gasteiger partial charge in [0.15, 0.2) is 0 Å². The summed E-state index contributed by atoms with van der Waals surface area (Å²) in [5.74, 6) is 0.248. The van der Waals surface area contributed by atoms with Gasteiger partial charge in [-0.25, -0.2) is 8.42 Å². The van der Waals surface area contributed by atoms with Crippen LogP contribution in [0, 0.1) is 0 Å². The van der Waals surface area contributed by atoms with Crippen LogP contribution in [0.1, 0.15) is 32.1 Å². The molecule has 7 heteroatoms. The predicted octanol–water partition coefficient (Wildman–Crippen LogP) is 4.89. The highest BCUT2D eigenvalue weighted by molar-refractivity contribution is 7.92. The standard InChI is InChI=1S/C19H23ClN2O3S/c1-25-18-12-7-14(20)13-19(18)26(23,24)22-17-10-8-16(9-11-17)21-15-5-3-2-4-6-15/h7-13,15,21-22H,2-6H2,1H3. The maximum atomic E-state index is 12.7. The van der Waals surface area contributed by atoms with Crippen molar-refractivity contribution in [2.75, 3.05) is 17.1 Å². The quantitative estimate of drug-likeness (QED) is 0.731. The first-order chi connectivity index (χ1) is 12.5. The molecule has 5 nitrogen and oxygen atoms in total. The smallest absolute Gasteiger partial charge is 0.265 e. The Hall–Kier alpha value is -1.92. The van der Waals surface area contributed by atoms with Crippen molar-refractivity contribution in [1.29, 1.82) is 0 Å². The number of nitrogens with one attached hydrogen (secondary N) is 2. The highest BCUT2D eigenvalue weighted by Gasteiger charge is 2.20. The molecule has 0 amide bonds. The van der Waals surface area contributed by atoms with Crippen LogP contribution in [-0.4, -0.2) is 21.6 Å². The summed E-state index contributed by atoms with van der Waals surface area (Å²) in [6.45, 7) is 0. The number of halogens is 1. The SMILES string of the molecule is COc1ccc(Cl)cc1S(=O)(=O)Nc1ccc(NC2CCCCC2)cc1. The lowest BCUT2D eigenvalue weighted by molar-refractivity contribution is 0.403. The molecule has 0 saturated heterocycles. The molecule has 1 aliphatic rings. The molecule has 140 valence electrons. The second kappa shape index (κ2) is 8.18. The number of rotatable bonds is 6. The number of anilines is 2. The third kappa shape index (κ3) is 4.62. The zero-order chi connectivity index (χ0) is 18.6. The summed E-state index contributed by atoms with van der Waals surface area (Å²) in [5.41, 5.74) is 1.49. The van der Waals surface area contributed by atoms with Crippen molar-refractivity contribution in [1.82, 2.24) is 0 Å². The Labute approximate surface area is 159 Å². The lowest BCUT2D eigenvalue weighted by Gasteiger charge is -2.24. The molecule has 2 aromatic carbocycles. The summed E-state index contributed by atoms with van der Waals surface area (Å²) in [5, 5.41) is 3.85. The van der Waals surface area contributed by atoms with Gasteiger partial charge in [0.1, 0.15) is 10.6 Å². The fourth-order valence-corrected chi connectivity index (χ4v) is 4.68. The molecule has 3 rings (SSSR count). The van der Waals surface area contributed by atoms with E-state index >= 15 is 0 Å². The molecule has 0 heterocycles. The molecule has 0 unspecified atom stereocenters. The number of hydrogen-bond donors (Lipinski definition) is 2. The van der Waals surface area contributed by atoms with Crippen LogP contribution in [0.25, 0.3) is 0 Å². The fourth-order valence-electron chi connectivity index (χ4n) is 3.19. The number of hydrogen-bond acceptors (Lipinski definition) is 4. The average molecular weight is 395 g/mol. The van der Waals surface area contributed by atoms with Gasteiger partial charge in [0.05, 0.1) is 7.11 Å². The maximum Gasteiger partial charge on any atom is 0.265 e. The molecule has 0 atom stereocenters. The van der Waals surface area contributed by atoms with Gasteiger partial charge in [0, 0.05) is 22.4 Å². The van der Waals surface area contributed by atoms with Crippen molar-refractivity contribution in [3.05, 3.63) is 47.5 Å². The first-order valence-electron chi connectivity index (χ1n) is 8.71. The van der Waals surface area contributed by atoms with Gasteiger partial charge in [-0.05, 0) is 55.3 Å². The van der Waals surface area contributed by atoms with Crippen LogP contribution in [-0.2, 0) is 10.0 Å². The molecule has 26 heavy (non-hydrogen) atoms. The van der Waals surface area contributed by atoms with Gasteiger partial charge in [-0.3, -0.25) is 4.72 Å². The van der Waals surface area contributed by atoms with Crippen molar-refractivity contribution in [2.24, 2.45) is 0 Å². The normalized spacial score (nSPS) is 15.5. The summed E-state index contributed by atoms with van der Waals surface area (Å²) in [6, 6.07) is 12.3. The molecule has 1 aliphatic carbocycles. The lowest BCUT2D eigenvalue weighted by Crippen LogP contribution is -2.22. The van der Waals surface area contributed by atoms with Gasteiger partial charge in [0.2, 0.25) is 0 Å². The summed E-state index contributed by atoms with van der Waals surface area (Å²) in [6.07, 6.45) is 6.20. The molecule has 0 aromatic heterocycles. The van der Waals surface area contributed by atoms with E-state index in [-0.39, 0.29) is 10.6 Å². The second-order valence-electron chi connectivity index (χ2n) is 6.46. The van der Waals surface area contributed by atoms with Crippen LogP contribution < -0.4 is 14.8 Å². The molecule has 0 aliphatic heterocycles. The third-order valence-electron chi connectivity index (χ3n) is 4.53. The summed E-state index contributed by atoms with van der Waals surface area (Å²) in [7, 11) is -2.37. The van der Waals surface area contributed by atoms with Crippen LogP contribution in [0.5, 0.6) is 5.75 Å². The van der Waals surface area contributed by atoms with Gasteiger partial charge >= 0.3 is 0 Å². The second-order valence-corrected chi connectivity index (χ2v) is 8.54. The van der Waals surface area contributed by atoms with E-state index < -0.39 is 10.0 Å². The van der Waals surface area contributed by atoms with Crippen LogP contribution in [0.15, 0.2) is 47.4 Å². The van der Waals surface area contributed by atoms with Crippen molar-refractivity contribution in [2.45, 2.75) is 43.0 Å². The first-order valence-corrected chi connectivity index (χ1v) is 10.6. The van der Waals surface area contributed by atoms with Crippen molar-refractivity contribution >= 4 is 33.0 Å². The minimum Gasteiger partial charge on any atom is -0.495 e. The van der Waals surface area contributed by atoms with Gasteiger partial charge in [-0.1, -0.05) is 30.9 Å². The Kier molecular flexibility index (Phi) is 5.94. The summed E-state index contributed by atoms with van der Waals surface area (Å²) >= 11 is 5.94. The number of ether oxygens (including phenoxy) is 1. The van der Waals surface area contributed by atoms with Crippen LogP contribution >= 0.6 is 11.6 Å². The monoisotopic (exact) mass is 394 g/mol. The van der Waals surface area contributed by atoms with E-state index in [1.54, 1.807) is 18.2 Å². The van der Waals surface area contributed by atoms with Gasteiger partial charge < -0.3 is 10.1 Å². The number of methoxy groups -OCH3 is 1. The van der Waals surface area contributed by atoms with Crippen molar-refractivity contribution < 1.29 is 13.2 Å². The van der Waals surface area contributed by atoms with Gasteiger partial charge in [-0.2, -0.15) is 0 Å². The van der Waals surface area contributed by atoms with E-state index in [9.17, 15) is 8.42 Å². The van der Waals surface area contributed by atoms with Crippen molar-refractivity contribution in [3.8, 4) is 5.75 Å². The van der Waals surface area contributed by atoms with E-state index in [4.69, 9.17) is 16.3 Å². The van der Waals surface area contributed by atoms with Crippen molar-refractivity contribution in [3.63, 3.8) is 0 Å². The Bertz CT molecular complexity index is 848. The van der Waals surface area contributed by atoms with E-state index in [1.165, 1.54) is 51.3 Å². The largest absolute Gasteiger partial charge is 0.495 e. The zero-order valence-electron chi connectivity index (χ0n) is 14.7. The molecular formula is C19H23ClN2O3S. The average Bonchev–Trinajstić information content (AvgIpc) is 2.64. The molecule has 2 aromatic rings. The third-order valence-corrected chi connectivity index (χ3v) is 6.17. The van der Waals surface area contributed by atoms with Crippen LogP contribution in [0.2, 0.25) is 5.02 Å². The minimum absolute atomic E-state index is 0.0110. The highest BCUT2D eigenvalue weighted by Crippen LogP contribution is 2.29. The Balaban J connectivity index is 1.73. The Morgan fingerprint density at radius 2 is 1.65 bits per heavy atom. The first kappa shape index (κ1) is 18.9. The van der Waals surface area contributed by atoms with Gasteiger partial charge in [-0.15, -0.1) is 0 Å². The van der Waals surface area contributed by atoms with Crippen LogP contribution in [0.3, 0.4) is 0 Å². The molecular weight excluding hydrogens is 372 g/mol. The molecule has 0 radical (unpaired) electrons. The maximum absolute atomic E-state index is 12.7. The van der Waals surface area contributed by atoms with E-state index in [2.05, 4.69) is 10.0 Å². The summed E-state index contributed by atoms with van der Waals surface area (Å²) in [4.78, 5) is 0.0110. The summed E-state index contributed by atoms with van der Waals surface area (Å²) < 4.78 is 33.1. The predicted molar refractivity (Wildman–Crippen MR) is 106 cm³/mol. The van der Waals surface area contributed by atoms with E-state index in [0.29, 0.717) is 16.8 Å². The molecule has 0 bridgehead atoms. The van der Waals surface area contributed by atoms with Gasteiger partial charge in [0.25, 0.3) is 10.0 Å². The molecule has 0 spiro atoms. The van der Waals surface area contributed by atoms with Crippen LogP contribution in [0.4, 0.5) is 11.4 Å². The highest BCUT2D eigenvalue weighted by atomic mass is 35.5. The molecule has 1 saturated carbocycles. The molecule has 2 N–H and O–H groups in total. The van der Waals surface area contributed by atoms with E-state index in [1.807, 2.05) is 12.1 Å². The lowest BCUT2D eigenvalue weighted by atomic mass is 9.95. The number of sulfonamides is 1. The minimum atomic E-state index is -3.80. The topological polar surface area (TPSA) is 67.4 Å². The Morgan fingerprint density at radius 1 is 1.00 bits per heavy atom. The Morgan fingerprint density at radius 3 is 2.31 bits per heavy atom.